The van der Waals surface area contributed by atoms with E-state index in [1.165, 1.54) is 34.8 Å². The van der Waals surface area contributed by atoms with Crippen molar-refractivity contribution in [3.8, 4) is 9.75 Å². The first-order valence-corrected chi connectivity index (χ1v) is 22.8. The van der Waals surface area contributed by atoms with Gasteiger partial charge < -0.3 is 9.47 Å². The lowest BCUT2D eigenvalue weighted by Gasteiger charge is -2.27. The summed E-state index contributed by atoms with van der Waals surface area (Å²) in [7, 11) is 0. The molecule has 0 atom stereocenters. The summed E-state index contributed by atoms with van der Waals surface area (Å²) in [5.74, 6) is -10.2. The van der Waals surface area contributed by atoms with Crippen LogP contribution in [0.2, 0.25) is 0 Å². The lowest BCUT2D eigenvalue weighted by molar-refractivity contribution is -0.164. The monoisotopic (exact) mass is 942 g/mol. The number of rotatable bonds is 8. The number of ketones is 4. The average molecular weight is 943 g/mol. The Kier molecular flexibility index (Phi) is 9.44. The van der Waals surface area contributed by atoms with Gasteiger partial charge in [0, 0.05) is 52.5 Å². The summed E-state index contributed by atoms with van der Waals surface area (Å²) in [4.78, 5) is 86.0. The van der Waals surface area contributed by atoms with E-state index in [0.29, 0.717) is 73.7 Å². The minimum atomic E-state index is -2.27. The van der Waals surface area contributed by atoms with Crippen LogP contribution >= 0.6 is 45.3 Å². The van der Waals surface area contributed by atoms with Gasteiger partial charge in [-0.3, -0.25) is 28.8 Å². The molecule has 16 heteroatoms. The lowest BCUT2D eigenvalue weighted by atomic mass is 9.79. The number of Topliss-reactive ketones (excluding diaryl/α,β-unsaturated/α-hetero) is 4. The van der Waals surface area contributed by atoms with E-state index in [0.717, 1.165) is 22.7 Å². The molecule has 0 spiro atoms. The van der Waals surface area contributed by atoms with Crippen LogP contribution in [0.3, 0.4) is 0 Å². The Morgan fingerprint density at radius 3 is 1.17 bits per heavy atom. The predicted molar refractivity (Wildman–Crippen MR) is 238 cm³/mol. The quantitative estimate of drug-likeness (QED) is 0.0485. The number of carbonyl (C=O) groups is 6. The summed E-state index contributed by atoms with van der Waals surface area (Å²) < 4.78 is 70.9. The molecular formula is C49H22F4O8S4. The van der Waals surface area contributed by atoms with Gasteiger partial charge in [0.1, 0.15) is 13.2 Å². The number of benzene rings is 4. The molecule has 0 N–H and O–H groups in total. The van der Waals surface area contributed by atoms with Crippen molar-refractivity contribution >= 4 is 111 Å². The zero-order chi connectivity index (χ0) is 45.1. The topological polar surface area (TPSA) is 121 Å². The first-order chi connectivity index (χ1) is 31.3. The Morgan fingerprint density at radius 2 is 0.831 bits per heavy atom. The van der Waals surface area contributed by atoms with Gasteiger partial charge in [-0.2, -0.15) is 0 Å². The normalized spacial score (nSPS) is 14.6. The number of allylic oxidation sites excluding steroid dienone is 2. The summed E-state index contributed by atoms with van der Waals surface area (Å²) in [6.45, 7) is -0.444. The molecule has 0 radical (unpaired) electrons. The molecule has 4 aromatic heterocycles. The Labute approximate surface area is 379 Å². The summed E-state index contributed by atoms with van der Waals surface area (Å²) in [5.41, 5.74) is -2.20. The van der Waals surface area contributed by atoms with Crippen LogP contribution < -0.4 is 0 Å². The zero-order valence-electron chi connectivity index (χ0n) is 32.7. The molecule has 4 aromatic carbocycles. The highest BCUT2D eigenvalue weighted by atomic mass is 32.1. The van der Waals surface area contributed by atoms with Crippen LogP contribution in [-0.2, 0) is 37.7 Å². The van der Waals surface area contributed by atoms with E-state index in [1.807, 2.05) is 0 Å². The third-order valence-electron chi connectivity index (χ3n) is 11.4. The van der Waals surface area contributed by atoms with Crippen LogP contribution in [0.25, 0.3) is 40.7 Å². The molecule has 0 amide bonds. The zero-order valence-corrected chi connectivity index (χ0v) is 36.0. The molecule has 0 bridgehead atoms. The molecule has 0 aliphatic heterocycles. The van der Waals surface area contributed by atoms with Gasteiger partial charge in [0.25, 0.3) is 0 Å². The molecule has 65 heavy (non-hydrogen) atoms. The molecular weight excluding hydrogens is 921 g/mol. The highest BCUT2D eigenvalue weighted by Gasteiger charge is 2.62. The SMILES string of the molecule is O=C1C(=Cc2cc3sc4c(c3s2)C(C(=O)OCc2ccccc2)(C(=O)OCc2ccccc2)c2c-4sc3cc(C=C4C(=O)c5cc(F)c(F)cc5C4=O)sc23)C(=O)c2cc(F)c(F)cc21. The van der Waals surface area contributed by atoms with Crippen molar-refractivity contribution in [2.45, 2.75) is 18.6 Å². The van der Waals surface area contributed by atoms with Gasteiger partial charge in [0.05, 0.1) is 30.3 Å². The minimum absolute atomic E-state index is 0.222. The summed E-state index contributed by atoms with van der Waals surface area (Å²) in [5, 5.41) is 0. The fraction of sp³-hybridized carbons (Fsp3) is 0.0612. The summed E-state index contributed by atoms with van der Waals surface area (Å²) in [6, 6.07) is 23.8. The van der Waals surface area contributed by atoms with Gasteiger partial charge in [-0.05, 0) is 59.7 Å². The second kappa shape index (κ2) is 15.1. The van der Waals surface area contributed by atoms with Crippen LogP contribution in [-0.4, -0.2) is 35.1 Å². The lowest BCUT2D eigenvalue weighted by Crippen LogP contribution is -2.45. The highest BCUT2D eigenvalue weighted by molar-refractivity contribution is 7.35. The third kappa shape index (κ3) is 6.19. The van der Waals surface area contributed by atoms with Gasteiger partial charge in [0.2, 0.25) is 5.41 Å². The van der Waals surface area contributed by atoms with Crippen molar-refractivity contribution in [3.63, 3.8) is 0 Å². The maximum absolute atomic E-state index is 15.3. The van der Waals surface area contributed by atoms with E-state index in [1.54, 1.807) is 72.8 Å². The second-order valence-corrected chi connectivity index (χ2v) is 19.5. The Hall–Kier alpha value is -6.98. The molecule has 0 saturated carbocycles. The summed E-state index contributed by atoms with van der Waals surface area (Å²) >= 11 is 4.70. The third-order valence-corrected chi connectivity index (χ3v) is 16.3. The molecule has 11 rings (SSSR count). The molecule has 0 unspecified atom stereocenters. The number of fused-ring (bicyclic) bond motifs is 9. The first-order valence-electron chi connectivity index (χ1n) is 19.5. The van der Waals surface area contributed by atoms with E-state index >= 15 is 9.59 Å². The minimum Gasteiger partial charge on any atom is -0.459 e. The highest BCUT2D eigenvalue weighted by Crippen LogP contribution is 2.63. The molecule has 4 heterocycles. The fourth-order valence-corrected chi connectivity index (χ4v) is 14.0. The predicted octanol–water partition coefficient (Wildman–Crippen LogP) is 11.5. The molecule has 318 valence electrons. The van der Waals surface area contributed by atoms with Crippen LogP contribution in [0, 0.1) is 23.3 Å². The Balaban J connectivity index is 1.08. The number of halogens is 4. The number of carbonyl (C=O) groups excluding carboxylic acids is 6. The van der Waals surface area contributed by atoms with Gasteiger partial charge in [-0.15, -0.1) is 45.3 Å². The molecule has 0 fully saturated rings. The smallest absolute Gasteiger partial charge is 0.333 e. The van der Waals surface area contributed by atoms with Crippen LogP contribution in [0.4, 0.5) is 17.6 Å². The van der Waals surface area contributed by atoms with Crippen molar-refractivity contribution in [1.82, 2.24) is 0 Å². The summed E-state index contributed by atoms with van der Waals surface area (Å²) in [6.07, 6.45) is 2.64. The van der Waals surface area contributed by atoms with E-state index in [2.05, 4.69) is 0 Å². The van der Waals surface area contributed by atoms with E-state index in [9.17, 15) is 36.7 Å². The van der Waals surface area contributed by atoms with Crippen LogP contribution in [0.1, 0.15) is 73.4 Å². The molecule has 3 aliphatic rings. The van der Waals surface area contributed by atoms with Crippen LogP contribution in [0.5, 0.6) is 0 Å². The average Bonchev–Trinajstić information content (AvgIpc) is 4.15. The number of ether oxygens (including phenoxy) is 2. The first kappa shape index (κ1) is 40.8. The van der Waals surface area contributed by atoms with Crippen molar-refractivity contribution in [1.29, 1.82) is 0 Å². The standard InChI is InChI=1S/C49H22F4O8S4/c50-31-15-25-26(16-32(31)51)40(55)29(39(25)54)11-23-13-35-43(62-23)37-45(64-35)46-38(44-36(65-46)14-24(63-44)12-30-41(56)27-17-33(52)34(53)18-28(27)42(30)57)49(37,47(58)60-19-21-7-3-1-4-8-21)48(59)61-20-22-9-5-2-6-10-22/h1-18H,19-20H2. The van der Waals surface area contributed by atoms with Gasteiger partial charge in [-0.25, -0.2) is 17.6 Å². The maximum atomic E-state index is 15.3. The van der Waals surface area contributed by atoms with Crippen LogP contribution in [0.15, 0.2) is 108 Å². The molecule has 8 nitrogen and oxygen atoms in total. The second-order valence-electron chi connectivity index (χ2n) is 15.2. The largest absolute Gasteiger partial charge is 0.459 e. The fourth-order valence-electron chi connectivity index (χ4n) is 8.41. The molecule has 3 aliphatic carbocycles. The number of hydrogen-bond acceptors (Lipinski definition) is 12. The maximum Gasteiger partial charge on any atom is 0.333 e. The number of esters is 2. The van der Waals surface area contributed by atoms with Crippen molar-refractivity contribution < 1.29 is 55.8 Å². The van der Waals surface area contributed by atoms with E-state index in [4.69, 9.17) is 9.47 Å². The van der Waals surface area contributed by atoms with E-state index < -0.39 is 63.8 Å². The van der Waals surface area contributed by atoms with Crippen molar-refractivity contribution in [3.05, 3.63) is 186 Å². The van der Waals surface area contributed by atoms with E-state index in [-0.39, 0.29) is 57.7 Å². The van der Waals surface area contributed by atoms with Gasteiger partial charge in [0.15, 0.2) is 46.4 Å². The Bertz CT molecular complexity index is 3240. The van der Waals surface area contributed by atoms with Crippen molar-refractivity contribution in [2.75, 3.05) is 0 Å². The van der Waals surface area contributed by atoms with Crippen molar-refractivity contribution in [2.24, 2.45) is 0 Å². The molecule has 8 aromatic rings. The molecule has 0 saturated heterocycles. The van der Waals surface area contributed by atoms with Gasteiger partial charge >= 0.3 is 11.9 Å². The number of hydrogen-bond donors (Lipinski definition) is 0. The van der Waals surface area contributed by atoms with Gasteiger partial charge in [-0.1, -0.05) is 60.7 Å². The Morgan fingerprint density at radius 1 is 0.492 bits per heavy atom. The number of thiophene rings is 4.